The lowest BCUT2D eigenvalue weighted by Crippen LogP contribution is -2.23. The Labute approximate surface area is 97.6 Å². The zero-order valence-corrected chi connectivity index (χ0v) is 10.2. The van der Waals surface area contributed by atoms with E-state index in [0.29, 0.717) is 25.7 Å². The molecule has 1 rings (SSSR count). The first-order valence-electron chi connectivity index (χ1n) is 5.15. The van der Waals surface area contributed by atoms with Gasteiger partial charge >= 0.3 is 6.18 Å². The lowest BCUT2D eigenvalue weighted by Gasteiger charge is -2.28. The highest BCUT2D eigenvalue weighted by molar-refractivity contribution is 8.13. The van der Waals surface area contributed by atoms with Gasteiger partial charge in [0.2, 0.25) is 9.05 Å². The first-order chi connectivity index (χ1) is 7.16. The number of rotatable bonds is 3. The van der Waals surface area contributed by atoms with Crippen molar-refractivity contribution < 1.29 is 21.6 Å². The second-order valence-electron chi connectivity index (χ2n) is 4.41. The van der Waals surface area contributed by atoms with E-state index in [1.54, 1.807) is 0 Å². The van der Waals surface area contributed by atoms with Crippen molar-refractivity contribution in [1.29, 1.82) is 0 Å². The fourth-order valence-corrected chi connectivity index (χ4v) is 3.64. The van der Waals surface area contributed by atoms with Crippen molar-refractivity contribution in [3.63, 3.8) is 0 Å². The molecule has 7 heteroatoms. The molecule has 1 aliphatic carbocycles. The van der Waals surface area contributed by atoms with Gasteiger partial charge in [-0.05, 0) is 37.5 Å². The summed E-state index contributed by atoms with van der Waals surface area (Å²) in [7, 11) is 1.58. The third-order valence-electron chi connectivity index (χ3n) is 2.92. The first-order valence-corrected chi connectivity index (χ1v) is 7.62. The van der Waals surface area contributed by atoms with E-state index in [0.717, 1.165) is 0 Å². The summed E-state index contributed by atoms with van der Waals surface area (Å²) in [5.74, 6) is -0.547. The zero-order chi connectivity index (χ0) is 12.4. The molecular weight excluding hydrogens is 265 g/mol. The van der Waals surface area contributed by atoms with E-state index < -0.39 is 21.6 Å². The van der Waals surface area contributed by atoms with Gasteiger partial charge in [-0.1, -0.05) is 0 Å². The van der Waals surface area contributed by atoms with Gasteiger partial charge in [0.15, 0.2) is 0 Å². The summed E-state index contributed by atoms with van der Waals surface area (Å²) in [5.41, 5.74) is 0. The Bertz CT molecular complexity index is 318. The maximum Gasteiger partial charge on any atom is 0.389 e. The molecule has 0 unspecified atom stereocenters. The van der Waals surface area contributed by atoms with Gasteiger partial charge < -0.3 is 0 Å². The van der Waals surface area contributed by atoms with E-state index in [1.807, 2.05) is 0 Å². The molecule has 0 bridgehead atoms. The summed E-state index contributed by atoms with van der Waals surface area (Å²) >= 11 is 0. The second kappa shape index (κ2) is 5.12. The molecular formula is C9H14ClF3O2S. The number of hydrogen-bond acceptors (Lipinski definition) is 2. The molecule has 0 spiro atoms. The lowest BCUT2D eigenvalue weighted by molar-refractivity contribution is -0.147. The summed E-state index contributed by atoms with van der Waals surface area (Å²) < 4.78 is 57.9. The van der Waals surface area contributed by atoms with Gasteiger partial charge in [0.1, 0.15) is 0 Å². The van der Waals surface area contributed by atoms with E-state index in [-0.39, 0.29) is 17.6 Å². The molecule has 0 aromatic heterocycles. The third-order valence-corrected chi connectivity index (χ3v) is 4.17. The van der Waals surface area contributed by atoms with E-state index >= 15 is 0 Å². The van der Waals surface area contributed by atoms with Crippen LogP contribution >= 0.6 is 10.7 Å². The molecule has 0 N–H and O–H groups in total. The topological polar surface area (TPSA) is 34.1 Å². The fourth-order valence-electron chi connectivity index (χ4n) is 2.21. The molecule has 0 radical (unpaired) electrons. The van der Waals surface area contributed by atoms with Crippen LogP contribution in [0.4, 0.5) is 13.2 Å². The highest BCUT2D eigenvalue weighted by Crippen LogP contribution is 2.36. The molecule has 96 valence electrons. The Kier molecular flexibility index (Phi) is 4.51. The minimum absolute atomic E-state index is 0.0769. The van der Waals surface area contributed by atoms with Gasteiger partial charge in [0.05, 0.1) is 5.75 Å². The maximum absolute atomic E-state index is 12.1. The molecule has 1 aliphatic rings. The molecule has 1 fully saturated rings. The van der Waals surface area contributed by atoms with Gasteiger partial charge in [-0.3, -0.25) is 0 Å². The highest BCUT2D eigenvalue weighted by Gasteiger charge is 2.34. The summed E-state index contributed by atoms with van der Waals surface area (Å²) in [6.07, 6.45) is -2.95. The second-order valence-corrected chi connectivity index (χ2v) is 7.23. The van der Waals surface area contributed by atoms with Crippen LogP contribution in [-0.4, -0.2) is 20.3 Å². The van der Waals surface area contributed by atoms with E-state index in [1.165, 1.54) is 0 Å². The minimum Gasteiger partial charge on any atom is -0.212 e. The Hall–Kier alpha value is 0.0300. The lowest BCUT2D eigenvalue weighted by atomic mass is 9.81. The minimum atomic E-state index is -4.12. The van der Waals surface area contributed by atoms with Crippen LogP contribution < -0.4 is 0 Å². The number of halogens is 4. The van der Waals surface area contributed by atoms with Crippen molar-refractivity contribution in [2.75, 3.05) is 5.75 Å². The fraction of sp³-hybridized carbons (Fsp3) is 1.00. The summed E-state index contributed by atoms with van der Waals surface area (Å²) in [5, 5.41) is 0. The predicted molar refractivity (Wildman–Crippen MR) is 55.8 cm³/mol. The maximum atomic E-state index is 12.1. The molecule has 0 amide bonds. The van der Waals surface area contributed by atoms with Crippen LogP contribution in [0, 0.1) is 11.8 Å². The molecule has 0 aliphatic heterocycles. The highest BCUT2D eigenvalue weighted by atomic mass is 35.7. The number of hydrogen-bond donors (Lipinski definition) is 0. The molecule has 0 saturated heterocycles. The van der Waals surface area contributed by atoms with Crippen molar-refractivity contribution in [3.05, 3.63) is 0 Å². The predicted octanol–water partition coefficient (Wildman–Crippen LogP) is 3.31. The van der Waals surface area contributed by atoms with Gasteiger partial charge in [-0.15, -0.1) is 0 Å². The molecule has 0 atom stereocenters. The van der Waals surface area contributed by atoms with Crippen LogP contribution in [0.5, 0.6) is 0 Å². The van der Waals surface area contributed by atoms with Crippen LogP contribution in [0.1, 0.15) is 32.1 Å². The standard InChI is InChI=1S/C9H14ClF3O2S/c10-16(14,15)6-8-3-1-7(2-4-8)5-9(11,12)13/h7-8H,1-6H2. The Morgan fingerprint density at radius 3 is 1.88 bits per heavy atom. The summed E-state index contributed by atoms with van der Waals surface area (Å²) in [6.45, 7) is 0. The molecule has 1 saturated carbocycles. The Morgan fingerprint density at radius 1 is 1.06 bits per heavy atom. The molecule has 0 aromatic rings. The van der Waals surface area contributed by atoms with Gasteiger partial charge in [0, 0.05) is 17.1 Å². The van der Waals surface area contributed by atoms with Gasteiger partial charge in [0.25, 0.3) is 0 Å². The van der Waals surface area contributed by atoms with Crippen LogP contribution in [0.15, 0.2) is 0 Å². The quantitative estimate of drug-likeness (QED) is 0.742. The summed E-state index contributed by atoms with van der Waals surface area (Å²) in [4.78, 5) is 0. The first kappa shape index (κ1) is 14.1. The monoisotopic (exact) mass is 278 g/mol. The molecule has 16 heavy (non-hydrogen) atoms. The smallest absolute Gasteiger partial charge is 0.212 e. The van der Waals surface area contributed by atoms with Crippen LogP contribution in [0.25, 0.3) is 0 Å². The van der Waals surface area contributed by atoms with Crippen molar-refractivity contribution >= 4 is 19.7 Å². The largest absolute Gasteiger partial charge is 0.389 e. The summed E-state index contributed by atoms with van der Waals surface area (Å²) in [6, 6.07) is 0. The van der Waals surface area contributed by atoms with Crippen LogP contribution in [-0.2, 0) is 9.05 Å². The van der Waals surface area contributed by atoms with Crippen molar-refractivity contribution in [1.82, 2.24) is 0 Å². The average molecular weight is 279 g/mol. The van der Waals surface area contributed by atoms with E-state index in [9.17, 15) is 21.6 Å². The molecule has 0 heterocycles. The number of alkyl halides is 3. The van der Waals surface area contributed by atoms with Gasteiger partial charge in [-0.2, -0.15) is 13.2 Å². The van der Waals surface area contributed by atoms with Crippen molar-refractivity contribution in [2.24, 2.45) is 11.8 Å². The molecule has 0 aromatic carbocycles. The average Bonchev–Trinajstić information content (AvgIpc) is 2.03. The SMILES string of the molecule is O=S(=O)(Cl)CC1CCC(CC(F)(F)F)CC1. The van der Waals surface area contributed by atoms with E-state index in [2.05, 4.69) is 0 Å². The van der Waals surface area contributed by atoms with Crippen LogP contribution in [0.3, 0.4) is 0 Å². The van der Waals surface area contributed by atoms with Crippen LogP contribution in [0.2, 0.25) is 0 Å². The normalized spacial score (nSPS) is 28.0. The van der Waals surface area contributed by atoms with Gasteiger partial charge in [-0.25, -0.2) is 8.42 Å². The molecule has 2 nitrogen and oxygen atoms in total. The Morgan fingerprint density at radius 2 is 1.50 bits per heavy atom. The third kappa shape index (κ3) is 5.94. The van der Waals surface area contributed by atoms with E-state index in [4.69, 9.17) is 10.7 Å². The Balaban J connectivity index is 2.34. The zero-order valence-electron chi connectivity index (χ0n) is 8.63. The van der Waals surface area contributed by atoms with Crippen molar-refractivity contribution in [3.8, 4) is 0 Å². The van der Waals surface area contributed by atoms with Crippen molar-refractivity contribution in [2.45, 2.75) is 38.3 Å².